The maximum absolute atomic E-state index is 12.4. The molecule has 2 aromatic heterocycles. The average molecular weight is 283 g/mol. The molecule has 3 rings (SSSR count). The van der Waals surface area contributed by atoms with Crippen LogP contribution in [0.4, 0.5) is 5.82 Å². The highest BCUT2D eigenvalue weighted by Crippen LogP contribution is 2.30. The smallest absolute Gasteiger partial charge is 0.204 e. The lowest BCUT2D eigenvalue weighted by atomic mass is 10.1. The molecule has 0 fully saturated rings. The normalized spacial score (nSPS) is 11.5. The minimum atomic E-state index is -0.267. The van der Waals surface area contributed by atoms with E-state index in [-0.39, 0.29) is 16.3 Å². The Morgan fingerprint density at radius 1 is 1.33 bits per heavy atom. The topological polar surface area (TPSA) is 76.7 Å². The molecule has 1 aromatic carbocycles. The number of benzene rings is 1. The van der Waals surface area contributed by atoms with Gasteiger partial charge in [0.15, 0.2) is 5.65 Å². The standard InChI is InChI=1S/C11H8Cl2N4O/c1-17-5-3-2-4(12)8(13)6(5)9(18)7-10(14)15-16-11(7)17/h2-3H,1H3,(H3,14,15,16). The van der Waals surface area contributed by atoms with Crippen LogP contribution >= 0.6 is 23.2 Å². The van der Waals surface area contributed by atoms with Crippen molar-refractivity contribution in [1.82, 2.24) is 14.8 Å². The number of H-pyrrole nitrogens is 1. The molecule has 0 unspecified atom stereocenters. The number of nitrogens with zero attached hydrogens (tertiary/aromatic N) is 2. The Labute approximate surface area is 111 Å². The highest BCUT2D eigenvalue weighted by Gasteiger charge is 2.17. The Hall–Kier alpha value is -1.72. The first-order valence-electron chi connectivity index (χ1n) is 5.12. The van der Waals surface area contributed by atoms with Crippen molar-refractivity contribution < 1.29 is 0 Å². The van der Waals surface area contributed by atoms with E-state index in [9.17, 15) is 4.79 Å². The fourth-order valence-corrected chi connectivity index (χ4v) is 2.49. The summed E-state index contributed by atoms with van der Waals surface area (Å²) in [7, 11) is 1.79. The summed E-state index contributed by atoms with van der Waals surface area (Å²) in [6.07, 6.45) is 0. The molecule has 0 aliphatic rings. The summed E-state index contributed by atoms with van der Waals surface area (Å²) in [5.41, 5.74) is 6.60. The van der Waals surface area contributed by atoms with Crippen molar-refractivity contribution in [2.75, 3.05) is 5.73 Å². The third kappa shape index (κ3) is 1.28. The first kappa shape index (κ1) is 11.4. The van der Waals surface area contributed by atoms with Crippen LogP contribution in [-0.2, 0) is 7.05 Å². The van der Waals surface area contributed by atoms with Crippen LogP contribution in [-0.4, -0.2) is 14.8 Å². The van der Waals surface area contributed by atoms with Gasteiger partial charge >= 0.3 is 0 Å². The van der Waals surface area contributed by atoms with Crippen molar-refractivity contribution in [1.29, 1.82) is 0 Å². The van der Waals surface area contributed by atoms with Crippen LogP contribution in [0.2, 0.25) is 10.0 Å². The minimum Gasteiger partial charge on any atom is -0.383 e. The highest BCUT2D eigenvalue weighted by molar-refractivity contribution is 6.45. The molecule has 5 nitrogen and oxygen atoms in total. The lowest BCUT2D eigenvalue weighted by Crippen LogP contribution is -2.10. The molecule has 0 saturated carbocycles. The van der Waals surface area contributed by atoms with E-state index in [1.807, 2.05) is 0 Å². The van der Waals surface area contributed by atoms with Crippen molar-refractivity contribution in [2.24, 2.45) is 7.05 Å². The SMILES string of the molecule is Cn1c2ccc(Cl)c(Cl)c2c(=O)c2c(N)[nH]nc21. The van der Waals surface area contributed by atoms with Crippen LogP contribution in [0.3, 0.4) is 0 Å². The van der Waals surface area contributed by atoms with Gasteiger partial charge in [-0.05, 0) is 12.1 Å². The zero-order chi connectivity index (χ0) is 13.0. The van der Waals surface area contributed by atoms with Gasteiger partial charge in [0.2, 0.25) is 5.43 Å². The van der Waals surface area contributed by atoms with Gasteiger partial charge < -0.3 is 10.3 Å². The molecule has 3 aromatic rings. The second-order valence-corrected chi connectivity index (χ2v) is 4.76. The van der Waals surface area contributed by atoms with E-state index in [0.717, 1.165) is 0 Å². The van der Waals surface area contributed by atoms with Gasteiger partial charge in [-0.25, -0.2) is 0 Å². The van der Waals surface area contributed by atoms with Gasteiger partial charge in [0.25, 0.3) is 0 Å². The molecule has 0 saturated heterocycles. The molecule has 7 heteroatoms. The summed E-state index contributed by atoms with van der Waals surface area (Å²) in [5.74, 6) is 0.226. The number of nitrogens with two attached hydrogens (primary N) is 1. The van der Waals surface area contributed by atoms with Crippen LogP contribution in [0.1, 0.15) is 0 Å². The summed E-state index contributed by atoms with van der Waals surface area (Å²) in [6.45, 7) is 0. The van der Waals surface area contributed by atoms with E-state index in [0.29, 0.717) is 27.0 Å². The van der Waals surface area contributed by atoms with Crippen molar-refractivity contribution >= 4 is 51.0 Å². The number of aryl methyl sites for hydroxylation is 1. The molecule has 2 heterocycles. The Morgan fingerprint density at radius 3 is 2.78 bits per heavy atom. The number of aromatic nitrogens is 3. The van der Waals surface area contributed by atoms with Crippen LogP contribution in [0.5, 0.6) is 0 Å². The number of nitrogens with one attached hydrogen (secondary N) is 1. The number of halogens is 2. The second-order valence-electron chi connectivity index (χ2n) is 3.98. The summed E-state index contributed by atoms with van der Waals surface area (Å²) >= 11 is 12.0. The predicted molar refractivity (Wildman–Crippen MR) is 73.3 cm³/mol. The van der Waals surface area contributed by atoms with Crippen molar-refractivity contribution in [2.45, 2.75) is 0 Å². The molecular weight excluding hydrogens is 275 g/mol. The molecule has 0 aliphatic carbocycles. The fraction of sp³-hybridized carbons (Fsp3) is 0.0909. The number of hydrogen-bond acceptors (Lipinski definition) is 3. The van der Waals surface area contributed by atoms with E-state index >= 15 is 0 Å². The van der Waals surface area contributed by atoms with Gasteiger partial charge in [0.1, 0.15) is 11.2 Å². The summed E-state index contributed by atoms with van der Waals surface area (Å²) in [6, 6.07) is 3.38. The Morgan fingerprint density at radius 2 is 2.06 bits per heavy atom. The number of anilines is 1. The maximum Gasteiger partial charge on any atom is 0.204 e. The number of hydrogen-bond donors (Lipinski definition) is 2. The molecule has 18 heavy (non-hydrogen) atoms. The van der Waals surface area contributed by atoms with E-state index < -0.39 is 0 Å². The lowest BCUT2D eigenvalue weighted by molar-refractivity contribution is 0.958. The van der Waals surface area contributed by atoms with Gasteiger partial charge in [0, 0.05) is 7.05 Å². The molecule has 92 valence electrons. The zero-order valence-electron chi connectivity index (χ0n) is 9.29. The van der Waals surface area contributed by atoms with Gasteiger partial charge in [-0.15, -0.1) is 0 Å². The van der Waals surface area contributed by atoms with Crippen molar-refractivity contribution in [3.8, 4) is 0 Å². The number of pyridine rings is 1. The van der Waals surface area contributed by atoms with Gasteiger partial charge in [-0.3, -0.25) is 9.89 Å². The highest BCUT2D eigenvalue weighted by atomic mass is 35.5. The molecule has 3 N–H and O–H groups in total. The number of nitrogen functional groups attached to an aromatic ring is 1. The van der Waals surface area contributed by atoms with Crippen LogP contribution in [0.25, 0.3) is 21.9 Å². The maximum atomic E-state index is 12.4. The second kappa shape index (κ2) is 3.63. The average Bonchev–Trinajstić information content (AvgIpc) is 2.72. The first-order chi connectivity index (χ1) is 8.52. The van der Waals surface area contributed by atoms with Crippen molar-refractivity contribution in [3.05, 3.63) is 32.4 Å². The largest absolute Gasteiger partial charge is 0.383 e. The van der Waals surface area contributed by atoms with E-state index in [1.54, 1.807) is 23.7 Å². The summed E-state index contributed by atoms with van der Waals surface area (Å²) in [5, 5.41) is 7.87. The fourth-order valence-electron chi connectivity index (χ4n) is 2.09. The zero-order valence-corrected chi connectivity index (χ0v) is 10.8. The number of rotatable bonds is 0. The van der Waals surface area contributed by atoms with E-state index in [2.05, 4.69) is 10.2 Å². The number of fused-ring (bicyclic) bond motifs is 2. The molecule has 0 amide bonds. The lowest BCUT2D eigenvalue weighted by Gasteiger charge is -2.08. The van der Waals surface area contributed by atoms with Crippen LogP contribution in [0, 0.1) is 0 Å². The van der Waals surface area contributed by atoms with Gasteiger partial charge in [-0.1, -0.05) is 23.2 Å². The molecular formula is C11H8Cl2N4O. The molecule has 0 aliphatic heterocycles. The van der Waals surface area contributed by atoms with Crippen molar-refractivity contribution in [3.63, 3.8) is 0 Å². The Bertz CT molecular complexity index is 850. The monoisotopic (exact) mass is 282 g/mol. The third-order valence-electron chi connectivity index (χ3n) is 2.98. The number of aromatic amines is 1. The molecule has 0 atom stereocenters. The molecule has 0 bridgehead atoms. The summed E-state index contributed by atoms with van der Waals surface area (Å²) in [4.78, 5) is 12.4. The van der Waals surface area contributed by atoms with Crippen LogP contribution < -0.4 is 11.2 Å². The Balaban J connectivity index is 2.74. The minimum absolute atomic E-state index is 0.226. The van der Waals surface area contributed by atoms with E-state index in [4.69, 9.17) is 28.9 Å². The van der Waals surface area contributed by atoms with E-state index in [1.165, 1.54) is 0 Å². The molecule has 0 radical (unpaired) electrons. The van der Waals surface area contributed by atoms with Gasteiger partial charge in [-0.2, -0.15) is 5.10 Å². The van der Waals surface area contributed by atoms with Gasteiger partial charge in [0.05, 0.1) is 20.9 Å². The summed E-state index contributed by atoms with van der Waals surface area (Å²) < 4.78 is 1.75. The van der Waals surface area contributed by atoms with Crippen LogP contribution in [0.15, 0.2) is 16.9 Å². The third-order valence-corrected chi connectivity index (χ3v) is 3.79. The molecule has 0 spiro atoms. The Kier molecular flexibility index (Phi) is 2.30. The first-order valence-corrected chi connectivity index (χ1v) is 5.88. The predicted octanol–water partition coefficient (Wildman–Crippen LogP) is 2.30. The quantitative estimate of drug-likeness (QED) is 0.664.